The molecule has 0 unspecified atom stereocenters. The Kier molecular flexibility index (Phi) is 14.1. The molecule has 0 saturated heterocycles. The number of hydrogen-bond acceptors (Lipinski definition) is 11. The Balaban J connectivity index is 1.63. The third-order valence-corrected chi connectivity index (χ3v) is 19.0. The number of rotatable bonds is 16. The first-order valence-electron chi connectivity index (χ1n) is 10.1. The van der Waals surface area contributed by atoms with Gasteiger partial charge in [-0.25, -0.2) is 4.98 Å². The van der Waals surface area contributed by atoms with E-state index in [-0.39, 0.29) is 18.3 Å². The van der Waals surface area contributed by atoms with Gasteiger partial charge in [0.2, 0.25) is 0 Å². The van der Waals surface area contributed by atoms with Crippen molar-refractivity contribution in [3.63, 3.8) is 0 Å². The molecule has 1 aromatic heterocycles. The Morgan fingerprint density at radius 1 is 0.871 bits per heavy atom. The lowest BCUT2D eigenvalue weighted by Gasteiger charge is -2.34. The van der Waals surface area contributed by atoms with E-state index in [1.54, 1.807) is 51.6 Å². The van der Waals surface area contributed by atoms with E-state index in [1.807, 2.05) is 26.7 Å². The third-order valence-electron chi connectivity index (χ3n) is 3.47. The van der Waals surface area contributed by atoms with Gasteiger partial charge in [-0.3, -0.25) is 0 Å². The number of thiazole rings is 1. The van der Waals surface area contributed by atoms with Gasteiger partial charge in [-0.2, -0.15) is 0 Å². The quantitative estimate of drug-likeness (QED) is 0.110. The van der Waals surface area contributed by atoms with E-state index >= 15 is 0 Å². The van der Waals surface area contributed by atoms with Crippen LogP contribution in [-0.4, -0.2) is 37.9 Å². The monoisotopic (exact) mass is 573 g/mol. The summed E-state index contributed by atoms with van der Waals surface area (Å²) in [7, 11) is 8.13. The number of nitrogens with zero attached hydrogens (tertiary/aromatic N) is 1. The summed E-state index contributed by atoms with van der Waals surface area (Å²) in [6.45, 7) is 12.3. The predicted octanol–water partition coefficient (Wildman–Crippen LogP) is 9.23. The van der Waals surface area contributed by atoms with Crippen LogP contribution in [0.5, 0.6) is 0 Å². The van der Waals surface area contributed by atoms with Gasteiger partial charge in [0, 0.05) is 30.1 Å². The second kappa shape index (κ2) is 15.3. The zero-order chi connectivity index (χ0) is 22.7. The average molecular weight is 574 g/mol. The molecule has 2 rings (SSSR count). The van der Waals surface area contributed by atoms with Crippen LogP contribution in [0.25, 0.3) is 10.2 Å². The number of hydrogen-bond donors (Lipinski definition) is 0. The van der Waals surface area contributed by atoms with Crippen molar-refractivity contribution in [1.82, 2.24) is 4.98 Å². The van der Waals surface area contributed by atoms with Crippen LogP contribution in [0.15, 0.2) is 28.6 Å². The molecule has 0 atom stereocenters. The van der Waals surface area contributed by atoms with Crippen molar-refractivity contribution in [3.05, 3.63) is 24.3 Å². The molecule has 31 heavy (non-hydrogen) atoms. The van der Waals surface area contributed by atoms with E-state index < -0.39 is 8.80 Å². The topological polar surface area (TPSA) is 40.6 Å². The van der Waals surface area contributed by atoms with Gasteiger partial charge in [-0.15, -0.1) is 11.3 Å². The molecular formula is C19H31NO3S7Si. The van der Waals surface area contributed by atoms with E-state index in [1.165, 1.54) is 4.70 Å². The van der Waals surface area contributed by atoms with Gasteiger partial charge in [0.05, 0.1) is 10.2 Å². The third kappa shape index (κ3) is 11.5. The maximum absolute atomic E-state index is 6.24. The second-order valence-corrected chi connectivity index (χ2v) is 20.8. The molecule has 0 bridgehead atoms. The van der Waals surface area contributed by atoms with Crippen molar-refractivity contribution in [2.75, 3.05) is 5.75 Å². The Labute approximate surface area is 214 Å². The van der Waals surface area contributed by atoms with Gasteiger partial charge in [-0.05, 0) is 110 Å². The summed E-state index contributed by atoms with van der Waals surface area (Å²) in [4.78, 5) is 4.65. The average Bonchev–Trinajstić information content (AvgIpc) is 3.07. The van der Waals surface area contributed by atoms with E-state index in [4.69, 9.17) is 13.3 Å². The van der Waals surface area contributed by atoms with Crippen LogP contribution in [0.2, 0.25) is 6.04 Å². The molecule has 0 aliphatic rings. The molecule has 1 aromatic carbocycles. The van der Waals surface area contributed by atoms with Gasteiger partial charge in [0.25, 0.3) is 0 Å². The van der Waals surface area contributed by atoms with E-state index in [2.05, 4.69) is 64.7 Å². The zero-order valence-electron chi connectivity index (χ0n) is 18.7. The molecule has 176 valence electrons. The molecule has 0 aliphatic carbocycles. The van der Waals surface area contributed by atoms with E-state index in [0.717, 1.165) is 28.1 Å². The van der Waals surface area contributed by atoms with Gasteiger partial charge in [-0.1, -0.05) is 22.9 Å². The van der Waals surface area contributed by atoms with Crippen LogP contribution in [-0.2, 0) is 13.3 Å². The second-order valence-electron chi connectivity index (χ2n) is 7.41. The van der Waals surface area contributed by atoms with Crippen molar-refractivity contribution in [1.29, 1.82) is 0 Å². The summed E-state index contributed by atoms with van der Waals surface area (Å²) < 4.78 is 21.1. The minimum atomic E-state index is -2.67. The van der Waals surface area contributed by atoms with Gasteiger partial charge in [0.15, 0.2) is 4.34 Å². The molecule has 0 radical (unpaired) electrons. The van der Waals surface area contributed by atoms with Crippen molar-refractivity contribution in [2.45, 2.75) is 76.7 Å². The van der Waals surface area contributed by atoms with Crippen LogP contribution in [0, 0.1) is 0 Å². The highest BCUT2D eigenvalue weighted by Crippen LogP contribution is 2.54. The summed E-state index contributed by atoms with van der Waals surface area (Å²) in [5.41, 5.74) is 1.09. The first-order chi connectivity index (χ1) is 14.8. The lowest BCUT2D eigenvalue weighted by atomic mass is 10.3. The summed E-state index contributed by atoms with van der Waals surface area (Å²) in [6.07, 6.45) is 1.32. The molecule has 0 aliphatic heterocycles. The summed E-state index contributed by atoms with van der Waals surface area (Å²) in [5, 5.41) is 0. The Bertz CT molecular complexity index is 703. The van der Waals surface area contributed by atoms with Crippen molar-refractivity contribution >= 4 is 91.2 Å². The van der Waals surface area contributed by atoms with Crippen molar-refractivity contribution < 1.29 is 13.3 Å². The molecule has 2 aromatic rings. The molecule has 0 amide bonds. The summed E-state index contributed by atoms with van der Waals surface area (Å²) >= 11 is 1.75. The van der Waals surface area contributed by atoms with Crippen LogP contribution in [0.1, 0.15) is 48.0 Å². The lowest BCUT2D eigenvalue weighted by Crippen LogP contribution is -2.50. The molecule has 0 saturated carbocycles. The fraction of sp³-hybridized carbons (Fsp3) is 0.632. The minimum absolute atomic E-state index is 0.100. The smallest absolute Gasteiger partial charge is 0.371 e. The van der Waals surface area contributed by atoms with Crippen molar-refractivity contribution in [3.8, 4) is 0 Å². The lowest BCUT2D eigenvalue weighted by molar-refractivity contribution is 0.00319. The number of aromatic nitrogens is 1. The summed E-state index contributed by atoms with van der Waals surface area (Å²) in [5.74, 6) is 1.05. The number of para-hydroxylation sites is 1. The molecule has 0 spiro atoms. The van der Waals surface area contributed by atoms with Crippen LogP contribution in [0.3, 0.4) is 0 Å². The van der Waals surface area contributed by atoms with Gasteiger partial charge >= 0.3 is 8.80 Å². The highest BCUT2D eigenvalue weighted by Gasteiger charge is 2.43. The standard InChI is InChI=1S/C19H31NO3S7Si/c1-14(2)21-31(22-15(3)4,23-16(5)6)13-9-12-24-27-29-30-28-26-19-20-17-10-7-8-11-18(17)25-19/h7-8,10-11,14-16H,9,12-13H2,1-6H3. The van der Waals surface area contributed by atoms with Crippen LogP contribution < -0.4 is 0 Å². The Morgan fingerprint density at radius 3 is 2.10 bits per heavy atom. The first kappa shape index (κ1) is 28.5. The molecular weight excluding hydrogens is 543 g/mol. The van der Waals surface area contributed by atoms with E-state index in [9.17, 15) is 0 Å². The van der Waals surface area contributed by atoms with E-state index in [0.29, 0.717) is 0 Å². The normalized spacial score (nSPS) is 12.7. The zero-order valence-corrected chi connectivity index (χ0v) is 25.4. The number of benzene rings is 1. The fourth-order valence-electron chi connectivity index (χ4n) is 2.69. The summed E-state index contributed by atoms with van der Waals surface area (Å²) in [6, 6.07) is 9.14. The highest BCUT2D eigenvalue weighted by atomic mass is 33.9. The number of fused-ring (bicyclic) bond motifs is 1. The minimum Gasteiger partial charge on any atom is -0.371 e. The molecule has 0 N–H and O–H groups in total. The Morgan fingerprint density at radius 2 is 1.48 bits per heavy atom. The Hall–Kier alpha value is 1.31. The maximum Gasteiger partial charge on any atom is 0.501 e. The SMILES string of the molecule is CC(C)O[Si](CCCSSSSSSc1nc2ccccc2s1)(OC(C)C)OC(C)C. The van der Waals surface area contributed by atoms with Gasteiger partial charge in [0.1, 0.15) is 0 Å². The van der Waals surface area contributed by atoms with Crippen LogP contribution >= 0.6 is 72.2 Å². The van der Waals surface area contributed by atoms with Gasteiger partial charge < -0.3 is 13.3 Å². The first-order valence-corrected chi connectivity index (χ1v) is 20.5. The molecule has 12 heteroatoms. The molecule has 0 fully saturated rings. The molecule has 1 heterocycles. The predicted molar refractivity (Wildman–Crippen MR) is 152 cm³/mol. The highest BCUT2D eigenvalue weighted by molar-refractivity contribution is 9.41. The largest absolute Gasteiger partial charge is 0.501 e. The maximum atomic E-state index is 6.24. The fourth-order valence-corrected chi connectivity index (χ4v) is 19.1. The molecule has 4 nitrogen and oxygen atoms in total. The van der Waals surface area contributed by atoms with Crippen molar-refractivity contribution in [2.24, 2.45) is 0 Å². The van der Waals surface area contributed by atoms with Crippen LogP contribution in [0.4, 0.5) is 0 Å².